The molecule has 0 amide bonds. The Balaban J connectivity index is 2.01. The Morgan fingerprint density at radius 2 is 1.31 bits per heavy atom. The van der Waals surface area contributed by atoms with E-state index in [0.29, 0.717) is 12.8 Å². The number of nitro groups is 2. The third-order valence-corrected chi connectivity index (χ3v) is 4.52. The second kappa shape index (κ2) is 2.78. The van der Waals surface area contributed by atoms with Gasteiger partial charge >= 0.3 is 0 Å². The Labute approximate surface area is 90.1 Å². The zero-order valence-corrected chi connectivity index (χ0v) is 8.31. The first kappa shape index (κ1) is 9.68. The lowest BCUT2D eigenvalue weighted by molar-refractivity contribution is -0.538. The minimum absolute atomic E-state index is 0.242. The van der Waals surface area contributed by atoms with E-state index in [0.717, 1.165) is 0 Å². The summed E-state index contributed by atoms with van der Waals surface area (Å²) in [5.74, 6) is -1.86. The number of Topliss-reactive ketones (excluding diaryl/α,β-unsaturated/α-hetero) is 1. The van der Waals surface area contributed by atoms with Crippen molar-refractivity contribution in [3.05, 3.63) is 20.2 Å². The highest BCUT2D eigenvalue weighted by atomic mass is 16.6. The van der Waals surface area contributed by atoms with Gasteiger partial charge in [-0.3, -0.25) is 25.0 Å². The number of carbonyl (C=O) groups excluding carboxylic acids is 1. The van der Waals surface area contributed by atoms with Gasteiger partial charge in [0, 0.05) is 21.7 Å². The van der Waals surface area contributed by atoms with Gasteiger partial charge in [-0.1, -0.05) is 0 Å². The summed E-state index contributed by atoms with van der Waals surface area (Å²) in [5.41, 5.74) is 0. The number of carbonyl (C=O) groups is 1. The van der Waals surface area contributed by atoms with E-state index in [-0.39, 0.29) is 17.6 Å². The molecule has 0 aromatic heterocycles. The van der Waals surface area contributed by atoms with Crippen LogP contribution in [0.4, 0.5) is 0 Å². The topological polar surface area (TPSA) is 103 Å². The standard InChI is InChI=1S/C9H10N2O5/c12-9-5-1-3-4(8(5)11(15)16)2-6(9)7(3)10(13)14/h3-8H,1-2H2. The van der Waals surface area contributed by atoms with Crippen molar-refractivity contribution < 1.29 is 14.6 Å². The first-order chi connectivity index (χ1) is 7.52. The van der Waals surface area contributed by atoms with Crippen molar-refractivity contribution in [2.75, 3.05) is 0 Å². The Morgan fingerprint density at radius 3 is 1.62 bits per heavy atom. The van der Waals surface area contributed by atoms with Gasteiger partial charge in [0.1, 0.15) is 0 Å². The maximum Gasteiger partial charge on any atom is 0.226 e. The fourth-order valence-electron chi connectivity index (χ4n) is 4.05. The van der Waals surface area contributed by atoms with Crippen LogP contribution in [0.25, 0.3) is 0 Å². The van der Waals surface area contributed by atoms with Crippen molar-refractivity contribution in [1.29, 1.82) is 0 Å². The van der Waals surface area contributed by atoms with Crippen molar-refractivity contribution in [2.24, 2.45) is 23.7 Å². The summed E-state index contributed by atoms with van der Waals surface area (Å²) in [4.78, 5) is 32.8. The van der Waals surface area contributed by atoms with Crippen LogP contribution in [0.2, 0.25) is 0 Å². The molecule has 16 heavy (non-hydrogen) atoms. The van der Waals surface area contributed by atoms with Gasteiger partial charge in [0.05, 0.1) is 11.8 Å². The fourth-order valence-corrected chi connectivity index (χ4v) is 4.05. The van der Waals surface area contributed by atoms with Crippen molar-refractivity contribution >= 4 is 5.78 Å². The molecule has 0 spiro atoms. The van der Waals surface area contributed by atoms with Crippen LogP contribution in [0.5, 0.6) is 0 Å². The Morgan fingerprint density at radius 1 is 0.938 bits per heavy atom. The third-order valence-electron chi connectivity index (χ3n) is 4.52. The number of hydrogen-bond donors (Lipinski definition) is 0. The highest BCUT2D eigenvalue weighted by Crippen LogP contribution is 2.57. The molecule has 0 aromatic carbocycles. The van der Waals surface area contributed by atoms with Crippen LogP contribution < -0.4 is 0 Å². The maximum atomic E-state index is 11.8. The van der Waals surface area contributed by atoms with E-state index in [2.05, 4.69) is 0 Å². The summed E-state index contributed by atoms with van der Waals surface area (Å²) in [6, 6.07) is -1.72. The van der Waals surface area contributed by atoms with E-state index in [1.165, 1.54) is 0 Å². The molecule has 0 saturated heterocycles. The van der Waals surface area contributed by atoms with Crippen LogP contribution in [0, 0.1) is 43.9 Å². The van der Waals surface area contributed by atoms with Crippen molar-refractivity contribution in [3.63, 3.8) is 0 Å². The van der Waals surface area contributed by atoms with Crippen LogP contribution in [-0.4, -0.2) is 27.7 Å². The molecule has 0 aromatic rings. The second-order valence-electron chi connectivity index (χ2n) is 4.97. The number of nitrogens with zero attached hydrogens (tertiary/aromatic N) is 2. The number of ketones is 1. The highest BCUT2D eigenvalue weighted by molar-refractivity contribution is 5.87. The summed E-state index contributed by atoms with van der Waals surface area (Å²) in [6.07, 6.45) is 0.689. The molecule has 4 fully saturated rings. The highest BCUT2D eigenvalue weighted by Gasteiger charge is 2.71. The lowest BCUT2D eigenvalue weighted by Crippen LogP contribution is -2.45. The Kier molecular flexibility index (Phi) is 1.68. The summed E-state index contributed by atoms with van der Waals surface area (Å²) in [7, 11) is 0. The smallest absolute Gasteiger partial charge is 0.226 e. The van der Waals surface area contributed by atoms with Crippen LogP contribution in [0.1, 0.15) is 12.8 Å². The van der Waals surface area contributed by atoms with Crippen molar-refractivity contribution in [1.82, 2.24) is 0 Å². The Hall–Kier alpha value is -1.53. The summed E-state index contributed by atoms with van der Waals surface area (Å²) < 4.78 is 0. The van der Waals surface area contributed by atoms with Crippen LogP contribution in [0.15, 0.2) is 0 Å². The molecule has 4 aliphatic rings. The van der Waals surface area contributed by atoms with E-state index in [1.807, 2.05) is 0 Å². The van der Waals surface area contributed by atoms with Crippen LogP contribution in [0.3, 0.4) is 0 Å². The van der Waals surface area contributed by atoms with Gasteiger partial charge < -0.3 is 0 Å². The molecule has 4 bridgehead atoms. The molecular formula is C9H10N2O5. The van der Waals surface area contributed by atoms with Gasteiger partial charge in [0.25, 0.3) is 0 Å². The zero-order valence-electron chi connectivity index (χ0n) is 8.31. The molecule has 0 N–H and O–H groups in total. The third kappa shape index (κ3) is 0.910. The molecular weight excluding hydrogens is 216 g/mol. The number of rotatable bonds is 2. The average molecular weight is 226 g/mol. The van der Waals surface area contributed by atoms with E-state index in [4.69, 9.17) is 0 Å². The molecule has 6 atom stereocenters. The van der Waals surface area contributed by atoms with Gasteiger partial charge in [-0.2, -0.15) is 0 Å². The average Bonchev–Trinajstić information content (AvgIpc) is 2.62. The molecule has 4 aliphatic carbocycles. The van der Waals surface area contributed by atoms with Gasteiger partial charge in [-0.05, 0) is 12.8 Å². The minimum atomic E-state index is -0.862. The first-order valence-electron chi connectivity index (χ1n) is 5.33. The summed E-state index contributed by atoms with van der Waals surface area (Å²) in [5, 5.41) is 21.8. The molecule has 4 rings (SSSR count). The lowest BCUT2D eigenvalue weighted by atomic mass is 9.76. The molecule has 4 saturated carbocycles. The van der Waals surface area contributed by atoms with E-state index in [1.54, 1.807) is 0 Å². The maximum absolute atomic E-state index is 11.8. The lowest BCUT2D eigenvalue weighted by Gasteiger charge is -2.26. The molecule has 0 heterocycles. The molecule has 0 radical (unpaired) electrons. The molecule has 86 valence electrons. The SMILES string of the molecule is O=C1C2CC3C(CC1C3[N+](=O)[O-])C2[N+](=O)[O-]. The van der Waals surface area contributed by atoms with E-state index < -0.39 is 33.8 Å². The van der Waals surface area contributed by atoms with Gasteiger partial charge in [0.15, 0.2) is 5.78 Å². The van der Waals surface area contributed by atoms with Gasteiger partial charge in [-0.15, -0.1) is 0 Å². The van der Waals surface area contributed by atoms with Gasteiger partial charge in [0.2, 0.25) is 12.1 Å². The minimum Gasteiger partial charge on any atom is -0.299 e. The van der Waals surface area contributed by atoms with Crippen molar-refractivity contribution in [3.8, 4) is 0 Å². The van der Waals surface area contributed by atoms with Crippen LogP contribution in [-0.2, 0) is 4.79 Å². The fraction of sp³-hybridized carbons (Fsp3) is 0.889. The van der Waals surface area contributed by atoms with E-state index in [9.17, 15) is 25.0 Å². The normalized spacial score (nSPS) is 48.6. The number of hydrogen-bond acceptors (Lipinski definition) is 5. The summed E-state index contributed by atoms with van der Waals surface area (Å²) >= 11 is 0. The Bertz CT molecular complexity index is 373. The van der Waals surface area contributed by atoms with Crippen molar-refractivity contribution in [2.45, 2.75) is 24.9 Å². The molecule has 7 nitrogen and oxygen atoms in total. The quantitative estimate of drug-likeness (QED) is 0.491. The van der Waals surface area contributed by atoms with E-state index >= 15 is 0 Å². The van der Waals surface area contributed by atoms with Crippen LogP contribution >= 0.6 is 0 Å². The predicted molar refractivity (Wildman–Crippen MR) is 49.8 cm³/mol. The molecule has 7 heteroatoms. The predicted octanol–water partition coefficient (Wildman–Crippen LogP) is 0.132. The zero-order chi connectivity index (χ0) is 11.6. The second-order valence-corrected chi connectivity index (χ2v) is 4.97. The monoisotopic (exact) mass is 226 g/mol. The largest absolute Gasteiger partial charge is 0.299 e. The first-order valence-corrected chi connectivity index (χ1v) is 5.33. The molecule has 0 aliphatic heterocycles. The summed E-state index contributed by atoms with van der Waals surface area (Å²) in [6.45, 7) is 0. The van der Waals surface area contributed by atoms with Gasteiger partial charge in [-0.25, -0.2) is 0 Å². The molecule has 6 unspecified atom stereocenters.